The second kappa shape index (κ2) is 15.3. The fourth-order valence-corrected chi connectivity index (χ4v) is 5.92. The Kier molecular flexibility index (Phi) is 11.8. The number of anilines is 1. The Morgan fingerprint density at radius 1 is 0.905 bits per heavy atom. The Hall–Kier alpha value is -4.05. The molecule has 0 saturated heterocycles. The first-order chi connectivity index (χ1) is 20.1. The molecule has 1 atom stereocenters. The Morgan fingerprint density at radius 3 is 2.17 bits per heavy atom. The third-order valence-electron chi connectivity index (χ3n) is 6.95. The third-order valence-corrected chi connectivity index (χ3v) is 8.74. The van der Waals surface area contributed by atoms with Crippen molar-refractivity contribution in [1.29, 1.82) is 0 Å². The smallest absolute Gasteiger partial charge is 0.264 e. The number of hydrogen-bond acceptors (Lipinski definition) is 6. The standard InChI is InChI=1S/C32H41N3O6S/c1-6-8-20-33-32(37)30(7-2)34(22-25-10-9-11-28(21-25)41-5)31(36)23-35(26-14-16-27(40-4)17-15-26)42(38,39)29-18-12-24(3)13-19-29/h9-19,21,30H,6-8,20,22-23H2,1-5H3,(H,33,37)/t30-/m0/s1. The van der Waals surface area contributed by atoms with Crippen LogP contribution in [0.25, 0.3) is 0 Å². The van der Waals surface area contributed by atoms with Gasteiger partial charge in [-0.2, -0.15) is 0 Å². The summed E-state index contributed by atoms with van der Waals surface area (Å²) in [7, 11) is -1.07. The molecule has 0 heterocycles. The quantitative estimate of drug-likeness (QED) is 0.250. The minimum atomic E-state index is -4.15. The topological polar surface area (TPSA) is 105 Å². The summed E-state index contributed by atoms with van der Waals surface area (Å²) < 4.78 is 39.6. The van der Waals surface area contributed by atoms with Crippen LogP contribution in [0.15, 0.2) is 77.7 Å². The Labute approximate surface area is 249 Å². The van der Waals surface area contributed by atoms with E-state index in [-0.39, 0.29) is 17.3 Å². The highest BCUT2D eigenvalue weighted by molar-refractivity contribution is 7.92. The maximum absolute atomic E-state index is 14.2. The first kappa shape index (κ1) is 32.5. The van der Waals surface area contributed by atoms with E-state index in [9.17, 15) is 18.0 Å². The largest absolute Gasteiger partial charge is 0.497 e. The lowest BCUT2D eigenvalue weighted by Gasteiger charge is -2.33. The van der Waals surface area contributed by atoms with Crippen LogP contribution in [0, 0.1) is 6.92 Å². The van der Waals surface area contributed by atoms with Crippen LogP contribution in [0.2, 0.25) is 0 Å². The van der Waals surface area contributed by atoms with Gasteiger partial charge in [-0.05, 0) is 73.9 Å². The predicted octanol–water partition coefficient (Wildman–Crippen LogP) is 4.93. The van der Waals surface area contributed by atoms with Crippen LogP contribution >= 0.6 is 0 Å². The zero-order valence-corrected chi connectivity index (χ0v) is 25.8. The molecule has 0 aromatic heterocycles. The molecule has 0 aliphatic rings. The number of rotatable bonds is 15. The molecule has 0 unspecified atom stereocenters. The number of carbonyl (C=O) groups is 2. The number of amides is 2. The molecule has 0 aliphatic carbocycles. The van der Waals surface area contributed by atoms with Crippen molar-refractivity contribution in [3.8, 4) is 11.5 Å². The summed E-state index contributed by atoms with van der Waals surface area (Å²) in [6, 6.07) is 19.4. The van der Waals surface area contributed by atoms with E-state index in [1.807, 2.05) is 32.9 Å². The van der Waals surface area contributed by atoms with Crippen molar-refractivity contribution in [2.24, 2.45) is 0 Å². The fourth-order valence-electron chi connectivity index (χ4n) is 4.51. The molecule has 3 rings (SSSR count). The van der Waals surface area contributed by atoms with Crippen molar-refractivity contribution in [3.05, 3.63) is 83.9 Å². The van der Waals surface area contributed by atoms with Crippen molar-refractivity contribution in [2.45, 2.75) is 57.5 Å². The average molecular weight is 596 g/mol. The SMILES string of the molecule is CCCCNC(=O)[C@H](CC)N(Cc1cccc(OC)c1)C(=O)CN(c1ccc(OC)cc1)S(=O)(=O)c1ccc(C)cc1. The van der Waals surface area contributed by atoms with Gasteiger partial charge in [0.15, 0.2) is 0 Å². The number of ether oxygens (including phenoxy) is 2. The number of hydrogen-bond donors (Lipinski definition) is 1. The predicted molar refractivity (Wildman–Crippen MR) is 164 cm³/mol. The van der Waals surface area contributed by atoms with Gasteiger partial charge < -0.3 is 19.7 Å². The maximum Gasteiger partial charge on any atom is 0.264 e. The van der Waals surface area contributed by atoms with Crippen LogP contribution in [0.3, 0.4) is 0 Å². The molecule has 42 heavy (non-hydrogen) atoms. The molecule has 10 heteroatoms. The van der Waals surface area contributed by atoms with E-state index in [1.54, 1.807) is 55.6 Å². The summed E-state index contributed by atoms with van der Waals surface area (Å²) in [5.41, 5.74) is 1.96. The molecule has 226 valence electrons. The minimum absolute atomic E-state index is 0.0559. The number of sulfonamides is 1. The van der Waals surface area contributed by atoms with Crippen LogP contribution in [-0.2, 0) is 26.2 Å². The van der Waals surface area contributed by atoms with E-state index in [1.165, 1.54) is 24.1 Å². The van der Waals surface area contributed by atoms with Crippen LogP contribution in [0.5, 0.6) is 11.5 Å². The van der Waals surface area contributed by atoms with Crippen molar-refractivity contribution >= 4 is 27.5 Å². The molecule has 3 aromatic rings. The van der Waals surface area contributed by atoms with Gasteiger partial charge in [0.2, 0.25) is 11.8 Å². The average Bonchev–Trinajstić information content (AvgIpc) is 3.00. The van der Waals surface area contributed by atoms with Gasteiger partial charge in [0.25, 0.3) is 10.0 Å². The van der Waals surface area contributed by atoms with Gasteiger partial charge in [-0.3, -0.25) is 13.9 Å². The number of nitrogens with zero attached hydrogens (tertiary/aromatic N) is 2. The molecule has 0 bridgehead atoms. The zero-order chi connectivity index (χ0) is 30.7. The number of nitrogens with one attached hydrogen (secondary N) is 1. The first-order valence-electron chi connectivity index (χ1n) is 14.1. The Balaban J connectivity index is 2.05. The molecule has 0 saturated carbocycles. The van der Waals surface area contributed by atoms with Crippen molar-refractivity contribution in [2.75, 3.05) is 31.6 Å². The lowest BCUT2D eigenvalue weighted by atomic mass is 10.1. The summed E-state index contributed by atoms with van der Waals surface area (Å²) in [5, 5.41) is 2.93. The van der Waals surface area contributed by atoms with Gasteiger partial charge in [-0.25, -0.2) is 8.42 Å². The summed E-state index contributed by atoms with van der Waals surface area (Å²) >= 11 is 0. The monoisotopic (exact) mass is 595 g/mol. The Morgan fingerprint density at radius 2 is 1.57 bits per heavy atom. The van der Waals surface area contributed by atoms with Gasteiger partial charge in [0.1, 0.15) is 24.1 Å². The third kappa shape index (κ3) is 8.25. The van der Waals surface area contributed by atoms with E-state index in [2.05, 4.69) is 5.32 Å². The van der Waals surface area contributed by atoms with Crippen molar-refractivity contribution in [3.63, 3.8) is 0 Å². The number of methoxy groups -OCH3 is 2. The van der Waals surface area contributed by atoms with Gasteiger partial charge >= 0.3 is 0 Å². The fraction of sp³-hybridized carbons (Fsp3) is 0.375. The molecular formula is C32H41N3O6S. The summed E-state index contributed by atoms with van der Waals surface area (Å²) in [4.78, 5) is 29.0. The number of benzene rings is 3. The molecule has 1 N–H and O–H groups in total. The highest BCUT2D eigenvalue weighted by Crippen LogP contribution is 2.27. The first-order valence-corrected chi connectivity index (χ1v) is 15.5. The molecule has 2 amide bonds. The van der Waals surface area contributed by atoms with Crippen LogP contribution in [0.1, 0.15) is 44.2 Å². The molecule has 0 radical (unpaired) electrons. The van der Waals surface area contributed by atoms with E-state index < -0.39 is 28.5 Å². The van der Waals surface area contributed by atoms with E-state index in [0.717, 1.165) is 28.3 Å². The second-order valence-electron chi connectivity index (χ2n) is 9.96. The molecule has 0 aliphatic heterocycles. The second-order valence-corrected chi connectivity index (χ2v) is 11.8. The van der Waals surface area contributed by atoms with Gasteiger partial charge in [0.05, 0.1) is 24.8 Å². The highest BCUT2D eigenvalue weighted by atomic mass is 32.2. The van der Waals surface area contributed by atoms with E-state index in [4.69, 9.17) is 9.47 Å². The molecule has 9 nitrogen and oxygen atoms in total. The minimum Gasteiger partial charge on any atom is -0.497 e. The maximum atomic E-state index is 14.2. The van der Waals surface area contributed by atoms with Crippen LogP contribution in [0.4, 0.5) is 5.69 Å². The highest BCUT2D eigenvalue weighted by Gasteiger charge is 2.33. The molecule has 3 aromatic carbocycles. The van der Waals surface area contributed by atoms with E-state index in [0.29, 0.717) is 30.2 Å². The number of aryl methyl sites for hydroxylation is 1. The van der Waals surface area contributed by atoms with Gasteiger partial charge in [-0.1, -0.05) is 50.1 Å². The number of unbranched alkanes of at least 4 members (excludes halogenated alkanes) is 1. The number of carbonyl (C=O) groups excluding carboxylic acids is 2. The van der Waals surface area contributed by atoms with Crippen LogP contribution < -0.4 is 19.1 Å². The van der Waals surface area contributed by atoms with Crippen LogP contribution in [-0.4, -0.2) is 58.5 Å². The van der Waals surface area contributed by atoms with Gasteiger partial charge in [-0.15, -0.1) is 0 Å². The normalized spacial score (nSPS) is 11.8. The lowest BCUT2D eigenvalue weighted by molar-refractivity contribution is -0.140. The molecule has 0 fully saturated rings. The molecular weight excluding hydrogens is 554 g/mol. The summed E-state index contributed by atoms with van der Waals surface area (Å²) in [5.74, 6) is 0.371. The van der Waals surface area contributed by atoms with E-state index >= 15 is 0 Å². The molecule has 0 spiro atoms. The lowest BCUT2D eigenvalue weighted by Crippen LogP contribution is -2.52. The zero-order valence-electron chi connectivity index (χ0n) is 25.0. The van der Waals surface area contributed by atoms with Crippen molar-refractivity contribution < 1.29 is 27.5 Å². The van der Waals surface area contributed by atoms with Crippen molar-refractivity contribution in [1.82, 2.24) is 10.2 Å². The summed E-state index contributed by atoms with van der Waals surface area (Å²) in [6.45, 7) is 5.81. The Bertz CT molecular complexity index is 1430. The summed E-state index contributed by atoms with van der Waals surface area (Å²) in [6.07, 6.45) is 2.07. The van der Waals surface area contributed by atoms with Gasteiger partial charge in [0, 0.05) is 13.1 Å².